The van der Waals surface area contributed by atoms with Crippen LogP contribution in [0, 0.1) is 0 Å². The van der Waals surface area contributed by atoms with E-state index in [9.17, 15) is 13.2 Å². The van der Waals surface area contributed by atoms with Crippen LogP contribution in [-0.2, 0) is 14.3 Å². The predicted octanol–water partition coefficient (Wildman–Crippen LogP) is 1.67. The lowest BCUT2D eigenvalue weighted by Gasteiger charge is -2.28. The van der Waals surface area contributed by atoms with Gasteiger partial charge >= 0.3 is 6.03 Å². The lowest BCUT2D eigenvalue weighted by atomic mass is 10.2. The van der Waals surface area contributed by atoms with E-state index in [2.05, 4.69) is 10.6 Å². The smallest absolute Gasteiger partial charge is 0.319 e. The molecule has 0 aromatic heterocycles. The van der Waals surface area contributed by atoms with Crippen molar-refractivity contribution < 1.29 is 17.4 Å². The van der Waals surface area contributed by atoms with Gasteiger partial charge in [-0.25, -0.2) is 4.79 Å². The highest BCUT2D eigenvalue weighted by Gasteiger charge is 2.27. The van der Waals surface area contributed by atoms with Crippen LogP contribution in [0.5, 0.6) is 0 Å². The number of hydrogen-bond acceptors (Lipinski definition) is 5. The number of urea groups is 1. The molecule has 1 atom stereocenters. The monoisotopic (exact) mass is 328 g/mol. The number of allylic oxidation sites excluding steroid dienone is 1. The quantitative estimate of drug-likeness (QED) is 0.803. The third-order valence-electron chi connectivity index (χ3n) is 2.71. The maximum absolute atomic E-state index is 11.5. The summed E-state index contributed by atoms with van der Waals surface area (Å²) in [6.07, 6.45) is 0.983. The van der Waals surface area contributed by atoms with Crippen LogP contribution in [-0.4, -0.2) is 33.4 Å². The molecule has 2 amide bonds. The van der Waals surface area contributed by atoms with Crippen molar-refractivity contribution in [2.24, 2.45) is 0 Å². The molecule has 0 spiro atoms. The molecule has 21 heavy (non-hydrogen) atoms. The SMILES string of the molecule is CC1=C(Sc2ccccc2)C(COS(C)(=O)=O)NC(=O)N1. The molecule has 1 aromatic carbocycles. The molecule has 2 N–H and O–H groups in total. The third kappa shape index (κ3) is 4.76. The average molecular weight is 328 g/mol. The molecule has 1 aliphatic heterocycles. The van der Waals surface area contributed by atoms with Gasteiger partial charge in [-0.05, 0) is 19.1 Å². The summed E-state index contributed by atoms with van der Waals surface area (Å²) in [7, 11) is -3.56. The van der Waals surface area contributed by atoms with Gasteiger partial charge in [0.25, 0.3) is 10.1 Å². The largest absolute Gasteiger partial charge is 0.328 e. The Kier molecular flexibility index (Phi) is 4.92. The van der Waals surface area contributed by atoms with E-state index in [1.807, 2.05) is 30.3 Å². The molecule has 1 aromatic rings. The number of hydrogen-bond donors (Lipinski definition) is 2. The number of amides is 2. The number of carbonyl (C=O) groups excluding carboxylic acids is 1. The van der Waals surface area contributed by atoms with Crippen molar-refractivity contribution in [2.75, 3.05) is 12.9 Å². The van der Waals surface area contributed by atoms with Crippen molar-refractivity contribution in [3.05, 3.63) is 40.9 Å². The van der Waals surface area contributed by atoms with Crippen molar-refractivity contribution >= 4 is 27.9 Å². The van der Waals surface area contributed by atoms with Gasteiger partial charge in [-0.15, -0.1) is 0 Å². The van der Waals surface area contributed by atoms with Crippen LogP contribution in [0.25, 0.3) is 0 Å². The van der Waals surface area contributed by atoms with Gasteiger partial charge in [0.15, 0.2) is 0 Å². The maximum Gasteiger partial charge on any atom is 0.319 e. The molecule has 0 bridgehead atoms. The van der Waals surface area contributed by atoms with E-state index in [-0.39, 0.29) is 12.6 Å². The summed E-state index contributed by atoms with van der Waals surface area (Å²) in [6.45, 7) is 1.65. The summed E-state index contributed by atoms with van der Waals surface area (Å²) in [5.74, 6) is 0. The predicted molar refractivity (Wildman–Crippen MR) is 81.3 cm³/mol. The number of thioether (sulfide) groups is 1. The number of carbonyl (C=O) groups is 1. The molecule has 114 valence electrons. The van der Waals surface area contributed by atoms with Gasteiger partial charge in [-0.3, -0.25) is 4.18 Å². The van der Waals surface area contributed by atoms with Crippen LogP contribution >= 0.6 is 11.8 Å². The average Bonchev–Trinajstić information content (AvgIpc) is 2.40. The Hall–Kier alpha value is -1.51. The van der Waals surface area contributed by atoms with Gasteiger partial charge in [0.1, 0.15) is 0 Å². The van der Waals surface area contributed by atoms with E-state index < -0.39 is 16.2 Å². The summed E-state index contributed by atoms with van der Waals surface area (Å²) in [5.41, 5.74) is 0.690. The molecule has 6 nitrogen and oxygen atoms in total. The van der Waals surface area contributed by atoms with Crippen LogP contribution in [0.2, 0.25) is 0 Å². The van der Waals surface area contributed by atoms with Crippen molar-refractivity contribution in [2.45, 2.75) is 17.9 Å². The lowest BCUT2D eigenvalue weighted by Crippen LogP contribution is -2.49. The van der Waals surface area contributed by atoms with E-state index >= 15 is 0 Å². The summed E-state index contributed by atoms with van der Waals surface area (Å²) in [5, 5.41) is 5.35. The summed E-state index contributed by atoms with van der Waals surface area (Å²) < 4.78 is 27.1. The molecule has 2 rings (SSSR count). The Morgan fingerprint density at radius 1 is 1.29 bits per heavy atom. The second-order valence-corrected chi connectivity index (χ2v) is 7.30. The van der Waals surface area contributed by atoms with Crippen molar-refractivity contribution in [3.63, 3.8) is 0 Å². The van der Waals surface area contributed by atoms with E-state index in [0.717, 1.165) is 16.1 Å². The van der Waals surface area contributed by atoms with Crippen molar-refractivity contribution in [1.82, 2.24) is 10.6 Å². The fraction of sp³-hybridized carbons (Fsp3) is 0.308. The molecule has 0 saturated carbocycles. The molecule has 8 heteroatoms. The Morgan fingerprint density at radius 3 is 2.57 bits per heavy atom. The highest BCUT2D eigenvalue weighted by molar-refractivity contribution is 8.03. The minimum absolute atomic E-state index is 0.126. The molecule has 0 fully saturated rings. The van der Waals surface area contributed by atoms with Crippen LogP contribution in [0.3, 0.4) is 0 Å². The number of rotatable bonds is 5. The summed E-state index contributed by atoms with van der Waals surface area (Å²) in [6, 6.07) is 8.75. The molecule has 0 aliphatic carbocycles. The van der Waals surface area contributed by atoms with E-state index in [4.69, 9.17) is 4.18 Å². The van der Waals surface area contributed by atoms with Crippen LogP contribution in [0.1, 0.15) is 6.92 Å². The van der Waals surface area contributed by atoms with Gasteiger partial charge < -0.3 is 10.6 Å². The Morgan fingerprint density at radius 2 is 1.95 bits per heavy atom. The zero-order chi connectivity index (χ0) is 15.5. The van der Waals surface area contributed by atoms with Gasteiger partial charge in [-0.1, -0.05) is 30.0 Å². The highest BCUT2D eigenvalue weighted by Crippen LogP contribution is 2.32. The first-order chi connectivity index (χ1) is 9.85. The minimum atomic E-state index is -3.56. The molecule has 1 aliphatic rings. The fourth-order valence-electron chi connectivity index (χ4n) is 1.83. The van der Waals surface area contributed by atoms with Gasteiger partial charge in [0.05, 0.1) is 18.9 Å². The Balaban J connectivity index is 2.20. The topological polar surface area (TPSA) is 84.5 Å². The molecular formula is C13H16N2O4S2. The van der Waals surface area contributed by atoms with E-state index in [1.165, 1.54) is 11.8 Å². The standard InChI is InChI=1S/C13H16N2O4S2/c1-9-12(20-10-6-4-3-5-7-10)11(15-13(16)14-9)8-19-21(2,17)18/h3-7,11H,8H2,1-2H3,(H2,14,15,16). The normalized spacial score (nSPS) is 19.1. The van der Waals surface area contributed by atoms with E-state index in [1.54, 1.807) is 6.92 Å². The first-order valence-electron chi connectivity index (χ1n) is 6.21. The summed E-state index contributed by atoms with van der Waals surface area (Å²) >= 11 is 1.46. The highest BCUT2D eigenvalue weighted by atomic mass is 32.2. The minimum Gasteiger partial charge on any atom is -0.328 e. The molecular weight excluding hydrogens is 312 g/mol. The molecule has 0 saturated heterocycles. The number of nitrogens with one attached hydrogen (secondary N) is 2. The Bertz CT molecular complexity index is 656. The lowest BCUT2D eigenvalue weighted by molar-refractivity contribution is 0.229. The van der Waals surface area contributed by atoms with Crippen LogP contribution < -0.4 is 10.6 Å². The van der Waals surface area contributed by atoms with Crippen LogP contribution in [0.15, 0.2) is 45.8 Å². The Labute approximate surface area is 128 Å². The molecule has 1 heterocycles. The second kappa shape index (κ2) is 6.50. The zero-order valence-electron chi connectivity index (χ0n) is 11.6. The molecule has 0 radical (unpaired) electrons. The third-order valence-corrected chi connectivity index (χ3v) is 4.59. The summed E-state index contributed by atoms with van der Waals surface area (Å²) in [4.78, 5) is 13.4. The van der Waals surface area contributed by atoms with Crippen molar-refractivity contribution in [1.29, 1.82) is 0 Å². The fourth-order valence-corrected chi connectivity index (χ4v) is 3.23. The van der Waals surface area contributed by atoms with Crippen molar-refractivity contribution in [3.8, 4) is 0 Å². The van der Waals surface area contributed by atoms with Gasteiger partial charge in [0.2, 0.25) is 0 Å². The van der Waals surface area contributed by atoms with Crippen LogP contribution in [0.4, 0.5) is 4.79 Å². The van der Waals surface area contributed by atoms with E-state index in [0.29, 0.717) is 5.70 Å². The first-order valence-corrected chi connectivity index (χ1v) is 8.84. The maximum atomic E-state index is 11.5. The van der Waals surface area contributed by atoms with Gasteiger partial charge in [0, 0.05) is 15.5 Å². The molecule has 1 unspecified atom stereocenters. The number of benzene rings is 1. The second-order valence-electron chi connectivity index (χ2n) is 4.54. The van der Waals surface area contributed by atoms with Gasteiger partial charge in [-0.2, -0.15) is 8.42 Å². The zero-order valence-corrected chi connectivity index (χ0v) is 13.3. The first kappa shape index (κ1) is 15.9.